The van der Waals surface area contributed by atoms with Gasteiger partial charge in [0.05, 0.1) is 11.2 Å². The third-order valence-electron chi connectivity index (χ3n) is 3.17. The van der Waals surface area contributed by atoms with E-state index in [2.05, 4.69) is 28.2 Å². The van der Waals surface area contributed by atoms with Crippen molar-refractivity contribution >= 4 is 28.1 Å². The van der Waals surface area contributed by atoms with E-state index in [1.807, 2.05) is 18.2 Å². The molecule has 0 fully saturated rings. The number of benzene rings is 1. The van der Waals surface area contributed by atoms with E-state index < -0.39 is 0 Å². The molecule has 0 radical (unpaired) electrons. The minimum atomic E-state index is 0.738. The summed E-state index contributed by atoms with van der Waals surface area (Å²) in [5.41, 5.74) is 3.36. The molecule has 0 atom stereocenters. The van der Waals surface area contributed by atoms with Gasteiger partial charge in [0.15, 0.2) is 0 Å². The van der Waals surface area contributed by atoms with Gasteiger partial charge in [-0.05, 0) is 37.2 Å². The molecule has 1 aliphatic rings. The molecule has 1 aliphatic heterocycles. The van der Waals surface area contributed by atoms with Crippen LogP contribution in [0, 0.1) is 0 Å². The van der Waals surface area contributed by atoms with Crippen LogP contribution >= 0.6 is 11.6 Å². The highest BCUT2D eigenvalue weighted by Crippen LogP contribution is 2.27. The molecule has 0 spiro atoms. The Morgan fingerprint density at radius 1 is 1.41 bits per heavy atom. The summed E-state index contributed by atoms with van der Waals surface area (Å²) in [6, 6.07) is 5.86. The maximum Gasteiger partial charge on any atom is 0.0969 e. The van der Waals surface area contributed by atoms with Gasteiger partial charge in [0.2, 0.25) is 0 Å². The number of H-pyrrole nitrogens is 1. The number of likely N-dealkylation sites (N-methyl/N-ethyl adjacent to an activating group) is 1. The van der Waals surface area contributed by atoms with Crippen molar-refractivity contribution in [2.45, 2.75) is 6.42 Å². The van der Waals surface area contributed by atoms with Crippen molar-refractivity contribution in [3.8, 4) is 0 Å². The first-order valence-electron chi connectivity index (χ1n) is 5.75. The maximum atomic E-state index is 5.97. The zero-order chi connectivity index (χ0) is 11.8. The number of aromatic amines is 1. The Balaban J connectivity index is 2.09. The number of halogens is 1. The Morgan fingerprint density at radius 2 is 2.29 bits per heavy atom. The van der Waals surface area contributed by atoms with Gasteiger partial charge >= 0.3 is 0 Å². The van der Waals surface area contributed by atoms with Crippen LogP contribution in [0.2, 0.25) is 5.02 Å². The molecule has 1 N–H and O–H groups in total. The molecular weight excluding hydrogens is 234 g/mol. The topological polar surface area (TPSA) is 31.9 Å². The number of rotatable bonds is 1. The largest absolute Gasteiger partial charge is 0.302 e. The SMILES string of the molecule is CN1CCC=C(c2n[nH]c3cc(Cl)ccc23)C1. The molecule has 0 amide bonds. The van der Waals surface area contributed by atoms with Crippen molar-refractivity contribution < 1.29 is 0 Å². The predicted octanol–water partition coefficient (Wildman–Crippen LogP) is 2.94. The maximum absolute atomic E-state index is 5.97. The first-order chi connectivity index (χ1) is 8.24. The van der Waals surface area contributed by atoms with Gasteiger partial charge in [-0.15, -0.1) is 0 Å². The second kappa shape index (κ2) is 4.17. The summed E-state index contributed by atoms with van der Waals surface area (Å²) in [7, 11) is 2.14. The zero-order valence-electron chi connectivity index (χ0n) is 9.70. The summed E-state index contributed by atoms with van der Waals surface area (Å²) in [6.07, 6.45) is 3.37. The lowest BCUT2D eigenvalue weighted by atomic mass is 10.0. The lowest BCUT2D eigenvalue weighted by molar-refractivity contribution is 0.372. The van der Waals surface area contributed by atoms with E-state index in [4.69, 9.17) is 11.6 Å². The Bertz CT molecular complexity index is 585. The van der Waals surface area contributed by atoms with Gasteiger partial charge in [-0.25, -0.2) is 0 Å². The second-order valence-electron chi connectivity index (χ2n) is 4.52. The molecule has 2 heterocycles. The molecule has 0 aliphatic carbocycles. The minimum absolute atomic E-state index is 0.738. The van der Waals surface area contributed by atoms with Gasteiger partial charge in [-0.3, -0.25) is 5.10 Å². The molecule has 3 rings (SSSR count). The molecule has 17 heavy (non-hydrogen) atoms. The van der Waals surface area contributed by atoms with Gasteiger partial charge in [0.1, 0.15) is 0 Å². The average molecular weight is 248 g/mol. The van der Waals surface area contributed by atoms with E-state index in [9.17, 15) is 0 Å². The Labute approximate surface area is 105 Å². The van der Waals surface area contributed by atoms with Crippen LogP contribution in [0.5, 0.6) is 0 Å². The first kappa shape index (κ1) is 10.8. The first-order valence-corrected chi connectivity index (χ1v) is 6.13. The third-order valence-corrected chi connectivity index (χ3v) is 3.41. The van der Waals surface area contributed by atoms with Crippen LogP contribution in [-0.4, -0.2) is 35.2 Å². The number of fused-ring (bicyclic) bond motifs is 1. The smallest absolute Gasteiger partial charge is 0.0969 e. The van der Waals surface area contributed by atoms with Crippen molar-refractivity contribution in [2.75, 3.05) is 20.1 Å². The standard InChI is InChI=1S/C13H14ClN3/c1-17-6-2-3-9(8-17)13-11-5-4-10(14)7-12(11)15-16-13/h3-5,7H,2,6,8H2,1H3,(H,15,16). The number of hydrogen-bond acceptors (Lipinski definition) is 2. The number of aromatic nitrogens is 2. The normalized spacial score (nSPS) is 17.4. The summed E-state index contributed by atoms with van der Waals surface area (Å²) in [4.78, 5) is 2.31. The van der Waals surface area contributed by atoms with Crippen molar-refractivity contribution in [2.24, 2.45) is 0 Å². The Kier molecular flexibility index (Phi) is 2.65. The minimum Gasteiger partial charge on any atom is -0.302 e. The van der Waals surface area contributed by atoms with Crippen molar-refractivity contribution in [1.29, 1.82) is 0 Å². The molecular formula is C13H14ClN3. The average Bonchev–Trinajstić information content (AvgIpc) is 2.71. The van der Waals surface area contributed by atoms with E-state index >= 15 is 0 Å². The van der Waals surface area contributed by atoms with Crippen LogP contribution in [0.15, 0.2) is 24.3 Å². The van der Waals surface area contributed by atoms with Gasteiger partial charge in [-0.1, -0.05) is 17.7 Å². The van der Waals surface area contributed by atoms with E-state index in [1.54, 1.807) is 0 Å². The number of nitrogens with zero attached hydrogens (tertiary/aromatic N) is 2. The highest BCUT2D eigenvalue weighted by atomic mass is 35.5. The molecule has 0 saturated heterocycles. The molecule has 88 valence electrons. The summed E-state index contributed by atoms with van der Waals surface area (Å²) in [5.74, 6) is 0. The molecule has 0 saturated carbocycles. The van der Waals surface area contributed by atoms with Crippen LogP contribution in [-0.2, 0) is 0 Å². The van der Waals surface area contributed by atoms with E-state index in [1.165, 1.54) is 5.57 Å². The molecule has 4 heteroatoms. The van der Waals surface area contributed by atoms with Crippen LogP contribution in [0.25, 0.3) is 16.5 Å². The van der Waals surface area contributed by atoms with Crippen molar-refractivity contribution in [3.05, 3.63) is 35.0 Å². The summed E-state index contributed by atoms with van der Waals surface area (Å²) in [6.45, 7) is 2.08. The fraction of sp³-hybridized carbons (Fsp3) is 0.308. The lowest BCUT2D eigenvalue weighted by Gasteiger charge is -2.21. The predicted molar refractivity (Wildman–Crippen MR) is 71.2 cm³/mol. The second-order valence-corrected chi connectivity index (χ2v) is 4.95. The summed E-state index contributed by atoms with van der Waals surface area (Å²) >= 11 is 5.97. The molecule has 1 aromatic carbocycles. The number of hydrogen-bond donors (Lipinski definition) is 1. The van der Waals surface area contributed by atoms with Gasteiger partial charge in [-0.2, -0.15) is 5.10 Å². The van der Waals surface area contributed by atoms with Gasteiger partial charge in [0, 0.05) is 23.5 Å². The fourth-order valence-electron chi connectivity index (χ4n) is 2.30. The summed E-state index contributed by atoms with van der Waals surface area (Å²) in [5, 5.41) is 9.35. The van der Waals surface area contributed by atoms with Crippen LogP contribution in [0.1, 0.15) is 12.1 Å². The highest BCUT2D eigenvalue weighted by Gasteiger charge is 2.15. The Morgan fingerprint density at radius 3 is 3.12 bits per heavy atom. The third kappa shape index (κ3) is 1.96. The van der Waals surface area contributed by atoms with E-state index in [-0.39, 0.29) is 0 Å². The summed E-state index contributed by atoms with van der Waals surface area (Å²) < 4.78 is 0. The fourth-order valence-corrected chi connectivity index (χ4v) is 2.47. The monoisotopic (exact) mass is 247 g/mol. The molecule has 2 aromatic rings. The van der Waals surface area contributed by atoms with E-state index in [0.29, 0.717) is 0 Å². The van der Waals surface area contributed by atoms with Crippen molar-refractivity contribution in [1.82, 2.24) is 15.1 Å². The molecule has 1 aromatic heterocycles. The molecule has 0 bridgehead atoms. The Hall–Kier alpha value is -1.32. The quantitative estimate of drug-likeness (QED) is 0.840. The van der Waals surface area contributed by atoms with Crippen molar-refractivity contribution in [3.63, 3.8) is 0 Å². The van der Waals surface area contributed by atoms with Gasteiger partial charge < -0.3 is 4.90 Å². The van der Waals surface area contributed by atoms with Gasteiger partial charge in [0.25, 0.3) is 0 Å². The van der Waals surface area contributed by atoms with Crippen LogP contribution in [0.3, 0.4) is 0 Å². The van der Waals surface area contributed by atoms with E-state index in [0.717, 1.165) is 41.1 Å². The molecule has 3 nitrogen and oxygen atoms in total. The zero-order valence-corrected chi connectivity index (χ0v) is 10.5. The van der Waals surface area contributed by atoms with Crippen LogP contribution in [0.4, 0.5) is 0 Å². The lowest BCUT2D eigenvalue weighted by Crippen LogP contribution is -2.25. The molecule has 0 unspecified atom stereocenters. The highest BCUT2D eigenvalue weighted by molar-refractivity contribution is 6.31. The van der Waals surface area contributed by atoms with Crippen LogP contribution < -0.4 is 0 Å². The number of nitrogens with one attached hydrogen (secondary N) is 1.